The van der Waals surface area contributed by atoms with Crippen LogP contribution in [0.3, 0.4) is 0 Å². The molecule has 0 unspecified atom stereocenters. The maximum absolute atomic E-state index is 14.4. The molecule has 0 saturated carbocycles. The Morgan fingerprint density at radius 1 is 0.605 bits per heavy atom. The quantitative estimate of drug-likeness (QED) is 0.275. The second-order valence-corrected chi connectivity index (χ2v) is 13.7. The molecule has 0 aliphatic carbocycles. The molecule has 0 saturated heterocycles. The van der Waals surface area contributed by atoms with Crippen molar-refractivity contribution in [2.75, 3.05) is 0 Å². The molecular formula is C32H26N3O2P. The van der Waals surface area contributed by atoms with Gasteiger partial charge in [0.15, 0.2) is 0 Å². The van der Waals surface area contributed by atoms with Gasteiger partial charge in [-0.2, -0.15) is 0 Å². The number of aromatic amines is 1. The Kier molecular flexibility index (Phi) is 6.07. The fourth-order valence-corrected chi connectivity index (χ4v) is 10.9. The number of hydrogen-bond donors (Lipinski definition) is 1. The molecule has 5 aromatic carbocycles. The van der Waals surface area contributed by atoms with E-state index >= 15 is 0 Å². The van der Waals surface area contributed by atoms with E-state index in [2.05, 4.69) is 63.9 Å². The standard InChI is InChI=1S/C32H26N3O2P/c36-32(29-22-13-23-30-31(29)34-35-33-30)37-38(26-16-7-2-8-17-26,27-18-9-3-10-19-27,28-20-11-4-12-21-28)24-25-14-5-1-6-15-25/h1-23H,24H2,(H,33,34,35). The number of para-hydroxylation sites is 1. The van der Waals surface area contributed by atoms with Crippen LogP contribution in [0.1, 0.15) is 15.9 Å². The van der Waals surface area contributed by atoms with Crippen LogP contribution in [-0.2, 0) is 10.7 Å². The summed E-state index contributed by atoms with van der Waals surface area (Å²) in [7, 11) is 0. The Balaban J connectivity index is 1.72. The number of hydrogen-bond acceptors (Lipinski definition) is 4. The first kappa shape index (κ1) is 23.8. The zero-order valence-corrected chi connectivity index (χ0v) is 21.5. The molecule has 0 atom stereocenters. The van der Waals surface area contributed by atoms with Crippen LogP contribution < -0.4 is 15.9 Å². The van der Waals surface area contributed by atoms with Gasteiger partial charge in [0.2, 0.25) is 0 Å². The summed E-state index contributed by atoms with van der Waals surface area (Å²) in [5, 5.41) is 14.0. The first-order valence-electron chi connectivity index (χ1n) is 12.5. The second-order valence-electron chi connectivity index (χ2n) is 9.24. The Hall–Kier alpha value is -4.60. The van der Waals surface area contributed by atoms with Crippen LogP contribution in [0.15, 0.2) is 140 Å². The van der Waals surface area contributed by atoms with Gasteiger partial charge in [-0.1, -0.05) is 0 Å². The number of H-pyrrole nitrogens is 1. The molecule has 6 heteroatoms. The van der Waals surface area contributed by atoms with Crippen LogP contribution in [-0.4, -0.2) is 21.4 Å². The molecule has 0 aliphatic heterocycles. The summed E-state index contributed by atoms with van der Waals surface area (Å²) in [5.41, 5.74) is 2.56. The molecular weight excluding hydrogens is 489 g/mol. The number of rotatable bonds is 7. The predicted molar refractivity (Wildman–Crippen MR) is 155 cm³/mol. The van der Waals surface area contributed by atoms with Gasteiger partial charge in [0.1, 0.15) is 0 Å². The summed E-state index contributed by atoms with van der Waals surface area (Å²) in [5.74, 6) is -0.436. The second kappa shape index (κ2) is 9.70. The summed E-state index contributed by atoms with van der Waals surface area (Å²) < 4.78 is 7.16. The van der Waals surface area contributed by atoms with Gasteiger partial charge in [-0.15, -0.1) is 0 Å². The third-order valence-electron chi connectivity index (χ3n) is 7.09. The van der Waals surface area contributed by atoms with E-state index in [-0.39, 0.29) is 0 Å². The van der Waals surface area contributed by atoms with E-state index in [4.69, 9.17) is 4.52 Å². The summed E-state index contributed by atoms with van der Waals surface area (Å²) in [6, 6.07) is 46.2. The molecule has 1 N–H and O–H groups in total. The van der Waals surface area contributed by atoms with Crippen LogP contribution in [0.2, 0.25) is 0 Å². The molecule has 0 bridgehead atoms. The fraction of sp³-hybridized carbons (Fsp3) is 0.0312. The third-order valence-corrected chi connectivity index (χ3v) is 12.8. The number of carbonyl (C=O) groups is 1. The molecule has 0 fully saturated rings. The molecule has 5 nitrogen and oxygen atoms in total. The summed E-state index contributed by atoms with van der Waals surface area (Å²) >= 11 is 0. The summed E-state index contributed by atoms with van der Waals surface area (Å²) in [6.07, 6.45) is 0.505. The van der Waals surface area contributed by atoms with Gasteiger partial charge in [0.25, 0.3) is 0 Å². The average molecular weight is 516 g/mol. The van der Waals surface area contributed by atoms with E-state index in [0.717, 1.165) is 21.5 Å². The average Bonchev–Trinajstić information content (AvgIpc) is 3.48. The normalized spacial score (nSPS) is 12.5. The number of carbonyl (C=O) groups excluding carboxylic acids is 1. The first-order chi connectivity index (χ1) is 18.7. The molecule has 0 aliphatic rings. The maximum atomic E-state index is 14.4. The molecule has 0 amide bonds. The van der Waals surface area contributed by atoms with Crippen LogP contribution in [0.4, 0.5) is 0 Å². The van der Waals surface area contributed by atoms with E-state index < -0.39 is 12.8 Å². The zero-order valence-electron chi connectivity index (χ0n) is 20.6. The topological polar surface area (TPSA) is 67.9 Å². The number of aromatic nitrogens is 3. The number of benzene rings is 5. The van der Waals surface area contributed by atoms with Crippen molar-refractivity contribution in [2.24, 2.45) is 0 Å². The van der Waals surface area contributed by atoms with Crippen molar-refractivity contribution in [3.63, 3.8) is 0 Å². The molecule has 6 aromatic rings. The van der Waals surface area contributed by atoms with Crippen molar-refractivity contribution in [3.05, 3.63) is 151 Å². The fourth-order valence-electron chi connectivity index (χ4n) is 5.34. The first-order valence-corrected chi connectivity index (χ1v) is 14.8. The van der Waals surface area contributed by atoms with Crippen molar-refractivity contribution in [1.29, 1.82) is 0 Å². The van der Waals surface area contributed by atoms with E-state index in [9.17, 15) is 4.79 Å². The van der Waals surface area contributed by atoms with Crippen molar-refractivity contribution < 1.29 is 9.32 Å². The van der Waals surface area contributed by atoms with Gasteiger partial charge < -0.3 is 0 Å². The van der Waals surface area contributed by atoms with Gasteiger partial charge in [0.05, 0.1) is 0 Å². The van der Waals surface area contributed by atoms with Gasteiger partial charge in [-0.05, 0) is 0 Å². The Morgan fingerprint density at radius 2 is 1.11 bits per heavy atom. The van der Waals surface area contributed by atoms with Gasteiger partial charge in [-0.25, -0.2) is 0 Å². The number of fused-ring (bicyclic) bond motifs is 1. The molecule has 38 heavy (non-hydrogen) atoms. The third kappa shape index (κ3) is 3.80. The number of nitrogens with one attached hydrogen (secondary N) is 1. The Bertz CT molecular complexity index is 1590. The SMILES string of the molecule is O=C(OP(Cc1ccccc1)(c1ccccc1)(c1ccccc1)c1ccccc1)c1cccc2n[nH]nc12. The minimum atomic E-state index is -3.97. The van der Waals surface area contributed by atoms with Crippen LogP contribution in [0.5, 0.6) is 0 Å². The minimum absolute atomic E-state index is 0.376. The van der Waals surface area contributed by atoms with Crippen molar-refractivity contribution in [1.82, 2.24) is 15.4 Å². The van der Waals surface area contributed by atoms with E-state index in [0.29, 0.717) is 22.8 Å². The van der Waals surface area contributed by atoms with Gasteiger partial charge in [0, 0.05) is 0 Å². The molecule has 1 heterocycles. The van der Waals surface area contributed by atoms with Crippen molar-refractivity contribution in [2.45, 2.75) is 6.16 Å². The molecule has 6 rings (SSSR count). The zero-order chi connectivity index (χ0) is 25.9. The van der Waals surface area contributed by atoms with Crippen molar-refractivity contribution >= 4 is 39.7 Å². The summed E-state index contributed by atoms with van der Waals surface area (Å²) in [4.78, 5) is 14.4. The van der Waals surface area contributed by atoms with Crippen LogP contribution in [0.25, 0.3) is 11.0 Å². The van der Waals surface area contributed by atoms with Gasteiger partial charge >= 0.3 is 221 Å². The molecule has 0 radical (unpaired) electrons. The van der Waals surface area contributed by atoms with E-state index in [1.54, 1.807) is 12.1 Å². The van der Waals surface area contributed by atoms with E-state index in [1.807, 2.05) is 78.9 Å². The van der Waals surface area contributed by atoms with E-state index in [1.165, 1.54) is 0 Å². The van der Waals surface area contributed by atoms with Gasteiger partial charge in [-0.3, -0.25) is 0 Å². The van der Waals surface area contributed by atoms with Crippen LogP contribution in [0, 0.1) is 0 Å². The molecule has 186 valence electrons. The summed E-state index contributed by atoms with van der Waals surface area (Å²) in [6.45, 7) is -3.97. The Labute approximate surface area is 221 Å². The predicted octanol–water partition coefficient (Wildman–Crippen LogP) is 5.76. The molecule has 1 aromatic heterocycles. The van der Waals surface area contributed by atoms with Crippen LogP contribution >= 0.6 is 6.83 Å². The Morgan fingerprint density at radius 3 is 1.63 bits per heavy atom. The number of nitrogens with zero attached hydrogens (tertiary/aromatic N) is 2. The monoisotopic (exact) mass is 515 g/mol. The van der Waals surface area contributed by atoms with Crippen molar-refractivity contribution in [3.8, 4) is 0 Å². The molecule has 0 spiro atoms.